The second kappa shape index (κ2) is 7.24. The summed E-state index contributed by atoms with van der Waals surface area (Å²) in [6.07, 6.45) is 0.705. The molecular formula is C21H19N3O2. The van der Waals surface area contributed by atoms with Crippen molar-refractivity contribution < 1.29 is 0 Å². The molecule has 1 unspecified atom stereocenters. The molecule has 5 nitrogen and oxygen atoms in total. The summed E-state index contributed by atoms with van der Waals surface area (Å²) < 4.78 is 0. The quantitative estimate of drug-likeness (QED) is 0.667. The summed E-state index contributed by atoms with van der Waals surface area (Å²) in [4.78, 5) is 24.1. The van der Waals surface area contributed by atoms with E-state index in [0.717, 1.165) is 16.8 Å². The van der Waals surface area contributed by atoms with Crippen LogP contribution < -0.4 is 21.5 Å². The predicted octanol–water partition coefficient (Wildman–Crippen LogP) is 3.63. The molecular weight excluding hydrogens is 326 g/mol. The molecule has 130 valence electrons. The summed E-state index contributed by atoms with van der Waals surface area (Å²) in [5.41, 5.74) is 2.77. The zero-order valence-corrected chi connectivity index (χ0v) is 14.7. The van der Waals surface area contributed by atoms with Gasteiger partial charge in [-0.25, -0.2) is 0 Å². The fourth-order valence-electron chi connectivity index (χ4n) is 2.90. The Morgan fingerprint density at radius 2 is 1.73 bits per heavy atom. The molecule has 1 atom stereocenters. The van der Waals surface area contributed by atoms with Crippen molar-refractivity contribution in [3.05, 3.63) is 85.7 Å². The minimum atomic E-state index is -0.529. The summed E-state index contributed by atoms with van der Waals surface area (Å²) in [6.45, 7) is 3.91. The summed E-state index contributed by atoms with van der Waals surface area (Å²) >= 11 is 0. The average Bonchev–Trinajstić information content (AvgIpc) is 2.70. The number of nitrogens with zero attached hydrogens (tertiary/aromatic N) is 1. The van der Waals surface area contributed by atoms with Crippen LogP contribution in [0.5, 0.6) is 0 Å². The van der Waals surface area contributed by atoms with Crippen molar-refractivity contribution in [2.24, 2.45) is 0 Å². The monoisotopic (exact) mass is 345 g/mol. The SMILES string of the molecule is CCc1cc(C#N)ccc1Nc1c(NC(C)c2ccccc2)c(=O)c1=O. The Hall–Kier alpha value is -3.39. The highest BCUT2D eigenvalue weighted by Gasteiger charge is 2.23. The Kier molecular flexibility index (Phi) is 4.85. The van der Waals surface area contributed by atoms with Crippen molar-refractivity contribution in [3.63, 3.8) is 0 Å². The van der Waals surface area contributed by atoms with Gasteiger partial charge in [-0.1, -0.05) is 37.3 Å². The van der Waals surface area contributed by atoms with Crippen LogP contribution in [0.3, 0.4) is 0 Å². The van der Waals surface area contributed by atoms with Gasteiger partial charge in [0.25, 0.3) is 10.9 Å². The Balaban J connectivity index is 1.87. The molecule has 0 spiro atoms. The van der Waals surface area contributed by atoms with Gasteiger partial charge in [0.2, 0.25) is 0 Å². The van der Waals surface area contributed by atoms with Crippen LogP contribution in [0.2, 0.25) is 0 Å². The Morgan fingerprint density at radius 1 is 1.04 bits per heavy atom. The van der Waals surface area contributed by atoms with E-state index in [1.165, 1.54) is 0 Å². The molecule has 0 aliphatic rings. The third-order valence-corrected chi connectivity index (χ3v) is 4.45. The zero-order chi connectivity index (χ0) is 18.7. The van der Waals surface area contributed by atoms with Crippen molar-refractivity contribution in [2.75, 3.05) is 10.6 Å². The molecule has 3 aromatic rings. The maximum absolute atomic E-state index is 12.1. The van der Waals surface area contributed by atoms with Crippen LogP contribution >= 0.6 is 0 Å². The molecule has 26 heavy (non-hydrogen) atoms. The second-order valence-electron chi connectivity index (χ2n) is 6.15. The van der Waals surface area contributed by atoms with E-state index in [1.807, 2.05) is 44.2 Å². The summed E-state index contributed by atoms with van der Waals surface area (Å²) in [5.74, 6) is 0. The van der Waals surface area contributed by atoms with Crippen LogP contribution in [-0.4, -0.2) is 0 Å². The Bertz CT molecular complexity index is 1040. The lowest BCUT2D eigenvalue weighted by Gasteiger charge is -2.20. The molecule has 0 saturated heterocycles. The minimum absolute atomic E-state index is 0.105. The Morgan fingerprint density at radius 3 is 2.38 bits per heavy atom. The van der Waals surface area contributed by atoms with E-state index in [-0.39, 0.29) is 11.7 Å². The molecule has 2 N–H and O–H groups in total. The molecule has 0 amide bonds. The number of hydrogen-bond acceptors (Lipinski definition) is 5. The van der Waals surface area contributed by atoms with Gasteiger partial charge in [-0.2, -0.15) is 5.26 Å². The molecule has 0 saturated carbocycles. The molecule has 0 aromatic heterocycles. The Labute approximate surface area is 151 Å². The number of benzene rings is 2. The standard InChI is InChI=1S/C21H19N3O2/c1-3-15-11-14(12-22)9-10-17(15)24-19-18(20(25)21(19)26)23-13(2)16-7-5-4-6-8-16/h4-11,13,23-24H,3H2,1-2H3. The molecule has 0 aliphatic carbocycles. The van der Waals surface area contributed by atoms with Crippen molar-refractivity contribution in [1.82, 2.24) is 0 Å². The van der Waals surface area contributed by atoms with Crippen LogP contribution in [-0.2, 0) is 6.42 Å². The lowest BCUT2D eigenvalue weighted by atomic mass is 10.0. The first-order chi connectivity index (χ1) is 12.5. The van der Waals surface area contributed by atoms with Crippen LogP contribution in [0.1, 0.15) is 36.6 Å². The van der Waals surface area contributed by atoms with Gasteiger partial charge in [-0.05, 0) is 42.7 Å². The lowest BCUT2D eigenvalue weighted by Crippen LogP contribution is -2.37. The van der Waals surface area contributed by atoms with E-state index in [0.29, 0.717) is 17.7 Å². The van der Waals surface area contributed by atoms with Crippen LogP contribution in [0.4, 0.5) is 17.1 Å². The fourth-order valence-corrected chi connectivity index (χ4v) is 2.90. The van der Waals surface area contributed by atoms with E-state index in [2.05, 4.69) is 16.7 Å². The van der Waals surface area contributed by atoms with Crippen molar-refractivity contribution in [1.29, 1.82) is 5.26 Å². The van der Waals surface area contributed by atoms with E-state index in [1.54, 1.807) is 18.2 Å². The lowest BCUT2D eigenvalue weighted by molar-refractivity contribution is 0.880. The molecule has 0 bridgehead atoms. The highest BCUT2D eigenvalue weighted by atomic mass is 16.2. The minimum Gasteiger partial charge on any atom is -0.373 e. The topological polar surface area (TPSA) is 82.0 Å². The normalized spacial score (nSPS) is 11.7. The third kappa shape index (κ3) is 3.22. The highest BCUT2D eigenvalue weighted by molar-refractivity contribution is 5.80. The van der Waals surface area contributed by atoms with Gasteiger partial charge >= 0.3 is 0 Å². The van der Waals surface area contributed by atoms with Crippen LogP contribution in [0.15, 0.2) is 58.1 Å². The van der Waals surface area contributed by atoms with E-state index in [9.17, 15) is 9.59 Å². The first kappa shape index (κ1) is 17.4. The third-order valence-electron chi connectivity index (χ3n) is 4.45. The van der Waals surface area contributed by atoms with Gasteiger partial charge in [-0.15, -0.1) is 0 Å². The molecule has 3 aromatic carbocycles. The van der Waals surface area contributed by atoms with Crippen LogP contribution in [0.25, 0.3) is 0 Å². The molecule has 0 aliphatic heterocycles. The fraction of sp³-hybridized carbons (Fsp3) is 0.190. The van der Waals surface area contributed by atoms with E-state index in [4.69, 9.17) is 5.26 Å². The van der Waals surface area contributed by atoms with Gasteiger partial charge in [0.05, 0.1) is 11.6 Å². The number of anilines is 3. The number of rotatable bonds is 6. The van der Waals surface area contributed by atoms with Gasteiger partial charge in [0.15, 0.2) is 0 Å². The average molecular weight is 345 g/mol. The second-order valence-corrected chi connectivity index (χ2v) is 6.15. The first-order valence-electron chi connectivity index (χ1n) is 8.50. The molecule has 0 fully saturated rings. The number of nitrogens with one attached hydrogen (secondary N) is 2. The van der Waals surface area contributed by atoms with Gasteiger partial charge in [-0.3, -0.25) is 9.59 Å². The number of hydrogen-bond donors (Lipinski definition) is 2. The van der Waals surface area contributed by atoms with Gasteiger partial charge in [0, 0.05) is 11.7 Å². The van der Waals surface area contributed by atoms with Crippen LogP contribution in [0, 0.1) is 11.3 Å². The maximum atomic E-state index is 12.1. The van der Waals surface area contributed by atoms with Gasteiger partial charge in [0.1, 0.15) is 11.4 Å². The predicted molar refractivity (Wildman–Crippen MR) is 104 cm³/mol. The zero-order valence-electron chi connectivity index (χ0n) is 14.7. The van der Waals surface area contributed by atoms with E-state index >= 15 is 0 Å². The summed E-state index contributed by atoms with van der Waals surface area (Å²) in [5, 5.41) is 15.2. The molecule has 5 heteroatoms. The largest absolute Gasteiger partial charge is 0.373 e. The molecule has 0 radical (unpaired) electrons. The smallest absolute Gasteiger partial charge is 0.253 e. The summed E-state index contributed by atoms with van der Waals surface area (Å²) in [7, 11) is 0. The first-order valence-corrected chi connectivity index (χ1v) is 8.50. The summed E-state index contributed by atoms with van der Waals surface area (Å²) in [6, 6.07) is 17.0. The van der Waals surface area contributed by atoms with Crippen molar-refractivity contribution >= 4 is 17.1 Å². The number of nitriles is 1. The highest BCUT2D eigenvalue weighted by Crippen LogP contribution is 2.27. The van der Waals surface area contributed by atoms with Crippen molar-refractivity contribution in [2.45, 2.75) is 26.3 Å². The van der Waals surface area contributed by atoms with Gasteiger partial charge < -0.3 is 10.6 Å². The maximum Gasteiger partial charge on any atom is 0.253 e. The number of aryl methyl sites for hydroxylation is 1. The van der Waals surface area contributed by atoms with Crippen molar-refractivity contribution in [3.8, 4) is 6.07 Å². The van der Waals surface area contributed by atoms with E-state index < -0.39 is 10.9 Å². The molecule has 3 rings (SSSR count). The molecule has 0 heterocycles.